The number of hydrogen-bond acceptors (Lipinski definition) is 5. The van der Waals surface area contributed by atoms with Gasteiger partial charge in [0.15, 0.2) is 5.69 Å². The van der Waals surface area contributed by atoms with Crippen LogP contribution in [0.5, 0.6) is 5.75 Å². The maximum Gasteiger partial charge on any atom is 0.297 e. The molecule has 0 aliphatic rings. The van der Waals surface area contributed by atoms with Crippen LogP contribution in [-0.4, -0.2) is 28.0 Å². The van der Waals surface area contributed by atoms with Gasteiger partial charge in [-0.3, -0.25) is 14.3 Å². The quantitative estimate of drug-likeness (QED) is 0.589. The Morgan fingerprint density at radius 2 is 1.85 bits per heavy atom. The molecule has 0 radical (unpaired) electrons. The molecule has 0 bridgehead atoms. The molecule has 0 atom stereocenters. The number of hydrogen-bond donors (Lipinski definition) is 1. The highest BCUT2D eigenvalue weighted by Crippen LogP contribution is 2.11. The molecule has 0 unspecified atom stereocenters. The minimum atomic E-state index is -0.419. The molecule has 0 aliphatic heterocycles. The van der Waals surface area contributed by atoms with Crippen LogP contribution < -0.4 is 10.2 Å². The second kappa shape index (κ2) is 9.49. The largest absolute Gasteiger partial charge is 0.497 e. The van der Waals surface area contributed by atoms with Crippen LogP contribution in [0.15, 0.2) is 60.8 Å². The fourth-order valence-electron chi connectivity index (χ4n) is 2.56. The molecule has 0 aliphatic carbocycles. The van der Waals surface area contributed by atoms with Crippen LogP contribution in [0.3, 0.4) is 0 Å². The van der Waals surface area contributed by atoms with E-state index in [4.69, 9.17) is 9.57 Å². The van der Waals surface area contributed by atoms with E-state index in [1.54, 1.807) is 18.0 Å². The van der Waals surface area contributed by atoms with Crippen molar-refractivity contribution >= 4 is 5.91 Å². The summed E-state index contributed by atoms with van der Waals surface area (Å²) in [4.78, 5) is 17.3. The van der Waals surface area contributed by atoms with Crippen molar-refractivity contribution < 1.29 is 14.4 Å². The number of aromatic nitrogens is 3. The first-order valence-corrected chi connectivity index (χ1v) is 8.74. The van der Waals surface area contributed by atoms with Crippen molar-refractivity contribution in [2.75, 3.05) is 7.11 Å². The highest BCUT2D eigenvalue weighted by Gasteiger charge is 2.11. The third-order valence-corrected chi connectivity index (χ3v) is 4.03. The predicted molar refractivity (Wildman–Crippen MR) is 100 cm³/mol. The molecule has 0 fully saturated rings. The van der Waals surface area contributed by atoms with Gasteiger partial charge in [0, 0.05) is 6.54 Å². The fourth-order valence-corrected chi connectivity index (χ4v) is 2.56. The number of hydroxylamine groups is 1. The number of benzene rings is 2. The molecule has 7 nitrogen and oxygen atoms in total. The van der Waals surface area contributed by atoms with Crippen molar-refractivity contribution in [3.05, 3.63) is 77.6 Å². The third-order valence-electron chi connectivity index (χ3n) is 4.03. The monoisotopic (exact) mass is 366 g/mol. The number of nitrogens with one attached hydrogen (secondary N) is 1. The second-order valence-electron chi connectivity index (χ2n) is 6.02. The zero-order valence-electron chi connectivity index (χ0n) is 15.2. The summed E-state index contributed by atoms with van der Waals surface area (Å²) in [5.41, 5.74) is 4.81. The molecule has 0 saturated heterocycles. The van der Waals surface area contributed by atoms with Crippen LogP contribution >= 0.6 is 0 Å². The van der Waals surface area contributed by atoms with Crippen LogP contribution in [0.4, 0.5) is 0 Å². The molecule has 0 spiro atoms. The Hall–Kier alpha value is -3.19. The SMILES string of the molecule is COc1ccc(CONC(=O)c2cn(CCCc3ccccc3)nn2)cc1. The van der Waals surface area contributed by atoms with Crippen LogP contribution in [-0.2, 0) is 24.4 Å². The van der Waals surface area contributed by atoms with E-state index >= 15 is 0 Å². The fraction of sp³-hybridized carbons (Fsp3) is 0.250. The summed E-state index contributed by atoms with van der Waals surface area (Å²) < 4.78 is 6.76. The van der Waals surface area contributed by atoms with Gasteiger partial charge < -0.3 is 4.74 Å². The number of rotatable bonds is 9. The molecule has 3 aromatic rings. The van der Waals surface area contributed by atoms with Gasteiger partial charge in [-0.1, -0.05) is 47.7 Å². The first kappa shape index (κ1) is 18.6. The molecule has 27 heavy (non-hydrogen) atoms. The number of nitrogens with zero attached hydrogens (tertiary/aromatic N) is 3. The molecule has 1 N–H and O–H groups in total. The molecule has 1 amide bonds. The lowest BCUT2D eigenvalue weighted by Crippen LogP contribution is -2.23. The van der Waals surface area contributed by atoms with Crippen LogP contribution in [0.2, 0.25) is 0 Å². The van der Waals surface area contributed by atoms with Gasteiger partial charge in [-0.15, -0.1) is 5.10 Å². The first-order chi connectivity index (χ1) is 13.2. The van der Waals surface area contributed by atoms with E-state index in [2.05, 4.69) is 27.9 Å². The van der Waals surface area contributed by atoms with Crippen LogP contribution in [0.1, 0.15) is 28.0 Å². The Labute approximate surface area is 157 Å². The van der Waals surface area contributed by atoms with Crippen molar-refractivity contribution in [2.45, 2.75) is 26.0 Å². The topological polar surface area (TPSA) is 78.3 Å². The standard InChI is InChI=1S/C20H22N4O3/c1-26-18-11-9-17(10-12-18)15-27-22-20(25)19-14-24(23-21-19)13-5-8-16-6-3-2-4-7-16/h2-4,6-7,9-12,14H,5,8,13,15H2,1H3,(H,22,25). The lowest BCUT2D eigenvalue weighted by molar-refractivity contribution is 0.0229. The molecule has 140 valence electrons. The van der Waals surface area contributed by atoms with Gasteiger partial charge in [0.1, 0.15) is 5.75 Å². The van der Waals surface area contributed by atoms with Crippen molar-refractivity contribution in [1.82, 2.24) is 20.5 Å². The Bertz CT molecular complexity index is 847. The minimum Gasteiger partial charge on any atom is -0.497 e. The Morgan fingerprint density at radius 1 is 1.07 bits per heavy atom. The minimum absolute atomic E-state index is 0.226. The van der Waals surface area contributed by atoms with Gasteiger partial charge in [0.2, 0.25) is 0 Å². The lowest BCUT2D eigenvalue weighted by Gasteiger charge is -2.05. The first-order valence-electron chi connectivity index (χ1n) is 8.74. The van der Waals surface area contributed by atoms with Gasteiger partial charge in [0.25, 0.3) is 5.91 Å². The van der Waals surface area contributed by atoms with Crippen molar-refractivity contribution in [3.8, 4) is 5.75 Å². The van der Waals surface area contributed by atoms with E-state index < -0.39 is 5.91 Å². The zero-order valence-corrected chi connectivity index (χ0v) is 15.2. The number of methoxy groups -OCH3 is 1. The highest BCUT2D eigenvalue weighted by atomic mass is 16.6. The lowest BCUT2D eigenvalue weighted by atomic mass is 10.1. The molecule has 3 rings (SSSR count). The zero-order chi connectivity index (χ0) is 18.9. The number of ether oxygens (including phenoxy) is 1. The molecular weight excluding hydrogens is 344 g/mol. The molecule has 2 aromatic carbocycles. The van der Waals surface area contributed by atoms with Gasteiger partial charge in [-0.05, 0) is 36.1 Å². The number of carbonyl (C=O) groups excluding carboxylic acids is 1. The maximum absolute atomic E-state index is 12.1. The van der Waals surface area contributed by atoms with Crippen LogP contribution in [0.25, 0.3) is 0 Å². The number of aryl methyl sites for hydroxylation is 2. The van der Waals surface area contributed by atoms with E-state index in [-0.39, 0.29) is 12.3 Å². The summed E-state index contributed by atoms with van der Waals surface area (Å²) in [5.74, 6) is 0.351. The van der Waals surface area contributed by atoms with Gasteiger partial charge in [0.05, 0.1) is 19.9 Å². The van der Waals surface area contributed by atoms with E-state index in [0.29, 0.717) is 6.54 Å². The average molecular weight is 366 g/mol. The summed E-state index contributed by atoms with van der Waals surface area (Å²) in [5, 5.41) is 7.88. The summed E-state index contributed by atoms with van der Waals surface area (Å²) in [6.07, 6.45) is 3.49. The number of amides is 1. The molecule has 7 heteroatoms. The predicted octanol–water partition coefficient (Wildman–Crippen LogP) is 2.78. The summed E-state index contributed by atoms with van der Waals surface area (Å²) in [6.45, 7) is 0.947. The Morgan fingerprint density at radius 3 is 2.59 bits per heavy atom. The van der Waals surface area contributed by atoms with Gasteiger partial charge in [-0.2, -0.15) is 0 Å². The third kappa shape index (κ3) is 5.65. The molecule has 0 saturated carbocycles. The highest BCUT2D eigenvalue weighted by molar-refractivity contribution is 5.90. The van der Waals surface area contributed by atoms with Gasteiger partial charge >= 0.3 is 0 Å². The molecule has 1 heterocycles. The second-order valence-corrected chi connectivity index (χ2v) is 6.02. The molecular formula is C20H22N4O3. The van der Waals surface area contributed by atoms with Crippen molar-refractivity contribution in [3.63, 3.8) is 0 Å². The maximum atomic E-state index is 12.1. The molecule has 1 aromatic heterocycles. The normalized spacial score (nSPS) is 10.6. The van der Waals surface area contributed by atoms with Crippen LogP contribution in [0, 0.1) is 0 Å². The smallest absolute Gasteiger partial charge is 0.297 e. The van der Waals surface area contributed by atoms with Gasteiger partial charge in [-0.25, -0.2) is 5.48 Å². The van der Waals surface area contributed by atoms with E-state index in [0.717, 1.165) is 24.2 Å². The summed E-state index contributed by atoms with van der Waals surface area (Å²) >= 11 is 0. The number of carbonyl (C=O) groups is 1. The Balaban J connectivity index is 1.41. The Kier molecular flexibility index (Phi) is 6.54. The van der Waals surface area contributed by atoms with E-state index in [9.17, 15) is 4.79 Å². The average Bonchev–Trinajstić information content (AvgIpc) is 3.18. The van der Waals surface area contributed by atoms with E-state index in [1.807, 2.05) is 42.5 Å². The summed E-state index contributed by atoms with van der Waals surface area (Å²) in [6, 6.07) is 17.7. The van der Waals surface area contributed by atoms with Crippen molar-refractivity contribution in [1.29, 1.82) is 0 Å². The summed E-state index contributed by atoms with van der Waals surface area (Å²) in [7, 11) is 1.61. The van der Waals surface area contributed by atoms with Crippen molar-refractivity contribution in [2.24, 2.45) is 0 Å². The van der Waals surface area contributed by atoms with E-state index in [1.165, 1.54) is 5.56 Å².